The summed E-state index contributed by atoms with van der Waals surface area (Å²) in [4.78, 5) is 2.64. The first-order valence-corrected chi connectivity index (χ1v) is 10.0. The molecule has 3 heterocycles. The molecule has 1 N–H and O–H groups in total. The molecule has 2 atom stereocenters. The summed E-state index contributed by atoms with van der Waals surface area (Å²) in [7, 11) is 0. The highest BCUT2D eigenvalue weighted by Crippen LogP contribution is 2.48. The SMILES string of the molecule is Clc1cccc(Cl)c1-c1cc2c3c(c1)C1CNCCC1CN3CCC2. The molecule has 0 spiro atoms. The average Bonchev–Trinajstić information content (AvgIpc) is 2.62. The van der Waals surface area contributed by atoms with Gasteiger partial charge in [-0.25, -0.2) is 0 Å². The van der Waals surface area contributed by atoms with Crippen LogP contribution in [0.5, 0.6) is 0 Å². The van der Waals surface area contributed by atoms with Crippen LogP contribution in [0, 0.1) is 5.92 Å². The van der Waals surface area contributed by atoms with Gasteiger partial charge >= 0.3 is 0 Å². The first-order valence-electron chi connectivity index (χ1n) is 9.29. The molecule has 0 bridgehead atoms. The summed E-state index contributed by atoms with van der Waals surface area (Å²) in [5.41, 5.74) is 6.64. The number of hydrogen-bond acceptors (Lipinski definition) is 2. The fourth-order valence-corrected chi connectivity index (χ4v) is 5.64. The molecule has 0 saturated carbocycles. The molecule has 2 aromatic rings. The fourth-order valence-electron chi connectivity index (χ4n) is 5.03. The maximum atomic E-state index is 6.52. The van der Waals surface area contributed by atoms with Gasteiger partial charge in [-0.2, -0.15) is 0 Å². The molecule has 2 nitrogen and oxygen atoms in total. The third kappa shape index (κ3) is 2.58. The Hall–Kier alpha value is -1.22. The summed E-state index contributed by atoms with van der Waals surface area (Å²) in [6.07, 6.45) is 3.66. The molecule has 1 saturated heterocycles. The van der Waals surface area contributed by atoms with Crippen LogP contribution >= 0.6 is 23.2 Å². The van der Waals surface area contributed by atoms with Crippen LogP contribution in [0.3, 0.4) is 0 Å². The Labute approximate surface area is 159 Å². The summed E-state index contributed by atoms with van der Waals surface area (Å²) in [5, 5.41) is 5.08. The highest BCUT2D eigenvalue weighted by Gasteiger charge is 2.37. The Morgan fingerprint density at radius 2 is 1.96 bits per heavy atom. The van der Waals surface area contributed by atoms with Gasteiger partial charge in [0.05, 0.1) is 0 Å². The van der Waals surface area contributed by atoms with Crippen LogP contribution in [0.2, 0.25) is 10.0 Å². The number of piperidine rings is 1. The largest absolute Gasteiger partial charge is 0.371 e. The minimum absolute atomic E-state index is 0.609. The van der Waals surface area contributed by atoms with Crippen LogP contribution in [0.1, 0.15) is 29.9 Å². The van der Waals surface area contributed by atoms with Crippen molar-refractivity contribution in [3.05, 3.63) is 51.5 Å². The lowest BCUT2D eigenvalue weighted by atomic mass is 9.74. The first kappa shape index (κ1) is 16.0. The van der Waals surface area contributed by atoms with Crippen molar-refractivity contribution >= 4 is 28.9 Å². The number of nitrogens with zero attached hydrogens (tertiary/aromatic N) is 1. The van der Waals surface area contributed by atoms with Gasteiger partial charge in [0.15, 0.2) is 0 Å². The number of anilines is 1. The Kier molecular flexibility index (Phi) is 3.96. The van der Waals surface area contributed by atoms with Gasteiger partial charge < -0.3 is 10.2 Å². The van der Waals surface area contributed by atoms with E-state index < -0.39 is 0 Å². The van der Waals surface area contributed by atoms with Crippen LogP contribution in [-0.2, 0) is 6.42 Å². The summed E-state index contributed by atoms with van der Waals surface area (Å²) in [5.74, 6) is 1.37. The Morgan fingerprint density at radius 1 is 1.12 bits per heavy atom. The van der Waals surface area contributed by atoms with Gasteiger partial charge in [-0.05, 0) is 72.7 Å². The van der Waals surface area contributed by atoms with Crippen molar-refractivity contribution in [1.82, 2.24) is 5.32 Å². The summed E-state index contributed by atoms with van der Waals surface area (Å²) < 4.78 is 0. The van der Waals surface area contributed by atoms with E-state index in [4.69, 9.17) is 23.2 Å². The van der Waals surface area contributed by atoms with Gasteiger partial charge in [-0.15, -0.1) is 0 Å². The van der Waals surface area contributed by atoms with Gasteiger partial charge in [-0.3, -0.25) is 0 Å². The van der Waals surface area contributed by atoms with E-state index in [1.165, 1.54) is 48.3 Å². The Bertz CT molecular complexity index is 813. The Morgan fingerprint density at radius 3 is 2.80 bits per heavy atom. The third-order valence-corrected chi connectivity index (χ3v) is 6.77. The number of hydrogen-bond donors (Lipinski definition) is 1. The van der Waals surface area contributed by atoms with Crippen molar-refractivity contribution in [3.8, 4) is 11.1 Å². The third-order valence-electron chi connectivity index (χ3n) is 6.14. The molecule has 0 aliphatic carbocycles. The number of halogens is 2. The van der Waals surface area contributed by atoms with Gasteiger partial charge in [0.1, 0.15) is 0 Å². The quantitative estimate of drug-likeness (QED) is 0.747. The monoisotopic (exact) mass is 372 g/mol. The fraction of sp³-hybridized carbons (Fsp3) is 0.429. The van der Waals surface area contributed by atoms with Crippen molar-refractivity contribution in [2.75, 3.05) is 31.1 Å². The lowest BCUT2D eigenvalue weighted by Gasteiger charge is -2.46. The van der Waals surface area contributed by atoms with Crippen LogP contribution in [0.25, 0.3) is 11.1 Å². The van der Waals surface area contributed by atoms with E-state index in [0.717, 1.165) is 41.0 Å². The van der Waals surface area contributed by atoms with E-state index >= 15 is 0 Å². The molecule has 25 heavy (non-hydrogen) atoms. The molecule has 4 heteroatoms. The number of benzene rings is 2. The molecule has 130 valence electrons. The molecule has 2 unspecified atom stereocenters. The molecule has 0 radical (unpaired) electrons. The predicted octanol–water partition coefficient (Wildman–Crippen LogP) is 5.12. The number of fused-ring (bicyclic) bond motifs is 2. The topological polar surface area (TPSA) is 15.3 Å². The highest BCUT2D eigenvalue weighted by molar-refractivity contribution is 6.39. The van der Waals surface area contributed by atoms with Crippen LogP contribution in [-0.4, -0.2) is 26.2 Å². The van der Waals surface area contributed by atoms with Crippen LogP contribution in [0.4, 0.5) is 5.69 Å². The average molecular weight is 373 g/mol. The van der Waals surface area contributed by atoms with E-state index in [-0.39, 0.29) is 0 Å². The zero-order chi connectivity index (χ0) is 17.0. The normalized spacial score (nSPS) is 24.6. The molecule has 5 rings (SSSR count). The minimum atomic E-state index is 0.609. The summed E-state index contributed by atoms with van der Waals surface area (Å²) >= 11 is 13.0. The number of rotatable bonds is 1. The summed E-state index contributed by atoms with van der Waals surface area (Å²) in [6, 6.07) is 10.5. The lowest BCUT2D eigenvalue weighted by Crippen LogP contribution is -2.47. The smallest absolute Gasteiger partial charge is 0.0499 e. The standard InChI is InChI=1S/C21H22Cl2N2/c22-18-4-1-5-19(23)20(18)15-9-13-3-2-8-25-12-14-6-7-24-11-17(14)16(10-15)21(13)25/h1,4-5,9-10,14,17,24H,2-3,6-8,11-12H2. The second-order valence-corrected chi connectivity index (χ2v) is 8.39. The maximum Gasteiger partial charge on any atom is 0.0499 e. The minimum Gasteiger partial charge on any atom is -0.371 e. The molecular formula is C21H22Cl2N2. The lowest BCUT2D eigenvalue weighted by molar-refractivity contribution is 0.309. The van der Waals surface area contributed by atoms with Crippen LogP contribution in [0.15, 0.2) is 30.3 Å². The Balaban J connectivity index is 1.72. The predicted molar refractivity (Wildman–Crippen MR) is 106 cm³/mol. The van der Waals surface area contributed by atoms with E-state index in [2.05, 4.69) is 22.3 Å². The van der Waals surface area contributed by atoms with E-state index in [0.29, 0.717) is 5.92 Å². The van der Waals surface area contributed by atoms with Crippen molar-refractivity contribution < 1.29 is 0 Å². The zero-order valence-corrected chi connectivity index (χ0v) is 15.7. The molecule has 3 aliphatic heterocycles. The van der Waals surface area contributed by atoms with E-state index in [1.807, 2.05) is 18.2 Å². The molecule has 0 amide bonds. The van der Waals surface area contributed by atoms with Gasteiger partial charge in [0.2, 0.25) is 0 Å². The molecule has 0 aromatic heterocycles. The van der Waals surface area contributed by atoms with Gasteiger partial charge in [0.25, 0.3) is 0 Å². The number of aryl methyl sites for hydroxylation is 1. The van der Waals surface area contributed by atoms with Crippen molar-refractivity contribution in [2.24, 2.45) is 5.92 Å². The zero-order valence-electron chi connectivity index (χ0n) is 14.2. The summed E-state index contributed by atoms with van der Waals surface area (Å²) in [6.45, 7) is 4.65. The second kappa shape index (κ2) is 6.19. The number of nitrogens with one attached hydrogen (secondary N) is 1. The molecular weight excluding hydrogens is 351 g/mol. The molecule has 2 aromatic carbocycles. The highest BCUT2D eigenvalue weighted by atomic mass is 35.5. The second-order valence-electron chi connectivity index (χ2n) is 7.58. The van der Waals surface area contributed by atoms with Crippen molar-refractivity contribution in [3.63, 3.8) is 0 Å². The van der Waals surface area contributed by atoms with E-state index in [1.54, 1.807) is 0 Å². The van der Waals surface area contributed by atoms with Gasteiger partial charge in [-0.1, -0.05) is 29.3 Å². The first-order chi connectivity index (χ1) is 12.2. The van der Waals surface area contributed by atoms with E-state index in [9.17, 15) is 0 Å². The van der Waals surface area contributed by atoms with Crippen molar-refractivity contribution in [2.45, 2.75) is 25.2 Å². The van der Waals surface area contributed by atoms with Crippen LogP contribution < -0.4 is 10.2 Å². The van der Waals surface area contributed by atoms with Gasteiger partial charge in [0, 0.05) is 46.8 Å². The molecule has 3 aliphatic rings. The maximum absolute atomic E-state index is 6.52. The molecule has 1 fully saturated rings. The van der Waals surface area contributed by atoms with Crippen molar-refractivity contribution in [1.29, 1.82) is 0 Å².